The molecule has 3 nitrogen and oxygen atoms in total. The molecule has 0 aliphatic rings. The molecule has 0 unspecified atom stereocenters. The fourth-order valence-electron chi connectivity index (χ4n) is 0.754. The molecule has 0 aromatic carbocycles. The molecular weight excluding hydrogens is 184 g/mol. The van der Waals surface area contributed by atoms with Crippen LogP contribution in [-0.4, -0.2) is 27.0 Å². The number of allylic oxidation sites excluding steroid dienone is 1. The van der Waals surface area contributed by atoms with E-state index in [2.05, 4.69) is 6.58 Å². The molecule has 0 aliphatic carbocycles. The zero-order valence-electron chi connectivity index (χ0n) is 8.42. The topological polar surface area (TPSA) is 43.4 Å². The van der Waals surface area contributed by atoms with Gasteiger partial charge in [-0.15, -0.1) is 0 Å². The van der Waals surface area contributed by atoms with Crippen molar-refractivity contribution in [1.82, 2.24) is 0 Å². The molecule has 0 N–H and O–H groups in total. The van der Waals surface area contributed by atoms with Crippen LogP contribution in [0.25, 0.3) is 0 Å². The molecule has 0 fully saturated rings. The van der Waals surface area contributed by atoms with Crippen molar-refractivity contribution in [3.05, 3.63) is 12.7 Å². The normalized spacial score (nSPS) is 11.0. The highest BCUT2D eigenvalue weighted by Crippen LogP contribution is 2.12. The van der Waals surface area contributed by atoms with Crippen LogP contribution < -0.4 is 0 Å². The highest BCUT2D eigenvalue weighted by atomic mass is 28.4. The third kappa shape index (κ3) is 4.75. The Morgan fingerprint density at radius 1 is 1.46 bits per heavy atom. The molecule has 0 amide bonds. The molecule has 13 heavy (non-hydrogen) atoms. The van der Waals surface area contributed by atoms with Crippen molar-refractivity contribution in [3.8, 4) is 0 Å². The lowest BCUT2D eigenvalue weighted by Crippen LogP contribution is -2.29. The molecule has 0 radical (unpaired) electrons. The lowest BCUT2D eigenvalue weighted by Gasteiger charge is -2.18. The van der Waals surface area contributed by atoms with Gasteiger partial charge in [-0.3, -0.25) is 9.59 Å². The molecule has 0 aromatic heterocycles. The standard InChI is InChI=1S/C9H16O3Si/c1-5-8(10)9(11)6-7-13(3,4)12-2/h5H,1,6-7H2,2-4H3. The first-order valence-corrected chi connectivity index (χ1v) is 7.29. The van der Waals surface area contributed by atoms with Crippen LogP contribution in [0.15, 0.2) is 12.7 Å². The second kappa shape index (κ2) is 5.09. The van der Waals surface area contributed by atoms with Gasteiger partial charge in [0.2, 0.25) is 11.6 Å². The van der Waals surface area contributed by atoms with E-state index in [1.807, 2.05) is 13.1 Å². The third-order valence-corrected chi connectivity index (χ3v) is 4.53. The maximum Gasteiger partial charge on any atom is 0.220 e. The number of carbonyl (C=O) groups excluding carboxylic acids is 2. The van der Waals surface area contributed by atoms with Gasteiger partial charge in [-0.2, -0.15) is 0 Å². The Bertz CT molecular complexity index is 221. The van der Waals surface area contributed by atoms with Crippen LogP contribution in [0.4, 0.5) is 0 Å². The Balaban J connectivity index is 3.96. The monoisotopic (exact) mass is 200 g/mol. The minimum atomic E-state index is -1.71. The smallest absolute Gasteiger partial charge is 0.220 e. The highest BCUT2D eigenvalue weighted by Gasteiger charge is 2.22. The Morgan fingerprint density at radius 2 is 2.00 bits per heavy atom. The van der Waals surface area contributed by atoms with E-state index in [-0.39, 0.29) is 12.2 Å². The molecule has 0 aliphatic heterocycles. The quantitative estimate of drug-likeness (QED) is 0.371. The summed E-state index contributed by atoms with van der Waals surface area (Å²) in [7, 11) is -0.0612. The van der Waals surface area contributed by atoms with Crippen LogP contribution in [0, 0.1) is 0 Å². The van der Waals surface area contributed by atoms with Gasteiger partial charge in [0.15, 0.2) is 8.32 Å². The molecule has 0 heterocycles. The number of hydrogen-bond acceptors (Lipinski definition) is 3. The van der Waals surface area contributed by atoms with E-state index in [9.17, 15) is 9.59 Å². The maximum atomic E-state index is 11.1. The van der Waals surface area contributed by atoms with Crippen LogP contribution in [-0.2, 0) is 14.0 Å². The Morgan fingerprint density at radius 3 is 2.38 bits per heavy atom. The summed E-state index contributed by atoms with van der Waals surface area (Å²) in [6, 6.07) is 0.682. The van der Waals surface area contributed by atoms with Crippen molar-refractivity contribution in [2.45, 2.75) is 25.6 Å². The number of Topliss-reactive ketones (excluding diaryl/α,β-unsaturated/α-hetero) is 1. The van der Waals surface area contributed by atoms with Gasteiger partial charge in [-0.1, -0.05) is 6.58 Å². The van der Waals surface area contributed by atoms with Crippen LogP contribution in [0.3, 0.4) is 0 Å². The largest absolute Gasteiger partial charge is 0.420 e. The van der Waals surface area contributed by atoms with E-state index in [1.54, 1.807) is 7.11 Å². The van der Waals surface area contributed by atoms with Gasteiger partial charge in [0.1, 0.15) is 0 Å². The lowest BCUT2D eigenvalue weighted by molar-refractivity contribution is -0.133. The van der Waals surface area contributed by atoms with Crippen LogP contribution in [0.2, 0.25) is 19.1 Å². The Labute approximate surface area is 79.9 Å². The number of rotatable bonds is 6. The molecule has 0 spiro atoms. The minimum Gasteiger partial charge on any atom is -0.420 e. The van der Waals surface area contributed by atoms with E-state index in [4.69, 9.17) is 4.43 Å². The summed E-state index contributed by atoms with van der Waals surface area (Å²) in [5.74, 6) is -0.867. The highest BCUT2D eigenvalue weighted by molar-refractivity contribution is 6.71. The molecule has 0 saturated carbocycles. The molecule has 0 aromatic rings. The van der Waals surface area contributed by atoms with E-state index in [1.165, 1.54) is 0 Å². The minimum absolute atomic E-state index is 0.276. The summed E-state index contributed by atoms with van der Waals surface area (Å²) >= 11 is 0. The van der Waals surface area contributed by atoms with E-state index in [0.29, 0.717) is 6.04 Å². The van der Waals surface area contributed by atoms with Crippen molar-refractivity contribution in [1.29, 1.82) is 0 Å². The molecule has 74 valence electrons. The van der Waals surface area contributed by atoms with Gasteiger partial charge in [0.05, 0.1) is 0 Å². The maximum absolute atomic E-state index is 11.1. The van der Waals surface area contributed by atoms with Crippen molar-refractivity contribution in [2.24, 2.45) is 0 Å². The van der Waals surface area contributed by atoms with E-state index < -0.39 is 14.1 Å². The van der Waals surface area contributed by atoms with Crippen LogP contribution in [0.1, 0.15) is 6.42 Å². The first kappa shape index (κ1) is 12.3. The number of ketones is 2. The van der Waals surface area contributed by atoms with Gasteiger partial charge in [0.25, 0.3) is 0 Å². The van der Waals surface area contributed by atoms with Crippen LogP contribution in [0.5, 0.6) is 0 Å². The summed E-state index contributed by atoms with van der Waals surface area (Å²) in [5, 5.41) is 0. The van der Waals surface area contributed by atoms with Crippen molar-refractivity contribution >= 4 is 19.9 Å². The average Bonchev–Trinajstić information content (AvgIpc) is 2.13. The van der Waals surface area contributed by atoms with Gasteiger partial charge < -0.3 is 4.43 Å². The lowest BCUT2D eigenvalue weighted by atomic mass is 10.2. The Kier molecular flexibility index (Phi) is 4.80. The average molecular weight is 200 g/mol. The molecular formula is C9H16O3Si. The first-order valence-electron chi connectivity index (χ1n) is 4.17. The summed E-state index contributed by atoms with van der Waals surface area (Å²) in [6.45, 7) is 7.28. The molecule has 4 heteroatoms. The van der Waals surface area contributed by atoms with Gasteiger partial charge in [-0.05, 0) is 25.2 Å². The molecule has 0 saturated heterocycles. The summed E-state index contributed by atoms with van der Waals surface area (Å²) in [4.78, 5) is 21.9. The molecule has 0 rings (SSSR count). The number of hydrogen-bond donors (Lipinski definition) is 0. The number of carbonyl (C=O) groups is 2. The van der Waals surface area contributed by atoms with Crippen molar-refractivity contribution in [3.63, 3.8) is 0 Å². The fourth-order valence-corrected chi connectivity index (χ4v) is 1.79. The Hall–Kier alpha value is -0.743. The van der Waals surface area contributed by atoms with Crippen molar-refractivity contribution in [2.75, 3.05) is 7.11 Å². The summed E-state index contributed by atoms with van der Waals surface area (Å²) in [6.07, 6.45) is 1.33. The van der Waals surface area contributed by atoms with Crippen LogP contribution >= 0.6 is 0 Å². The van der Waals surface area contributed by atoms with Gasteiger partial charge >= 0.3 is 0 Å². The van der Waals surface area contributed by atoms with Gasteiger partial charge in [-0.25, -0.2) is 0 Å². The summed E-state index contributed by atoms with van der Waals surface area (Å²) in [5.41, 5.74) is 0. The van der Waals surface area contributed by atoms with E-state index >= 15 is 0 Å². The van der Waals surface area contributed by atoms with Gasteiger partial charge in [0, 0.05) is 13.5 Å². The third-order valence-electron chi connectivity index (χ3n) is 1.97. The van der Waals surface area contributed by atoms with E-state index in [0.717, 1.165) is 6.08 Å². The second-order valence-corrected chi connectivity index (χ2v) is 7.88. The summed E-state index contributed by atoms with van der Waals surface area (Å²) < 4.78 is 5.25. The SMILES string of the molecule is C=CC(=O)C(=O)CC[Si](C)(C)OC. The predicted octanol–water partition coefficient (Wildman–Crippen LogP) is 1.55. The predicted molar refractivity (Wildman–Crippen MR) is 54.1 cm³/mol. The molecule has 0 atom stereocenters. The zero-order chi connectivity index (χ0) is 10.5. The first-order chi connectivity index (χ1) is 5.93. The van der Waals surface area contributed by atoms with Crippen molar-refractivity contribution < 1.29 is 14.0 Å². The fraction of sp³-hybridized carbons (Fsp3) is 0.556. The second-order valence-electron chi connectivity index (χ2n) is 3.46. The zero-order valence-corrected chi connectivity index (χ0v) is 9.42. The molecule has 0 bridgehead atoms.